The largest absolute Gasteiger partial charge is 0.309 e. The number of hydrogen-bond acceptors (Lipinski definition) is 3. The Labute approximate surface area is 88.4 Å². The van der Waals surface area contributed by atoms with Crippen LogP contribution in [0.5, 0.6) is 0 Å². The predicted octanol–water partition coefficient (Wildman–Crippen LogP) is 1.33. The van der Waals surface area contributed by atoms with Gasteiger partial charge in [-0.15, -0.1) is 0 Å². The molecule has 3 heteroatoms. The Bertz CT molecular complexity index is 470. The van der Waals surface area contributed by atoms with Gasteiger partial charge in [-0.25, -0.2) is 0 Å². The number of rotatable bonds is 1. The van der Waals surface area contributed by atoms with E-state index in [1.165, 1.54) is 5.57 Å². The van der Waals surface area contributed by atoms with Crippen molar-refractivity contribution in [2.45, 2.75) is 12.5 Å². The molecule has 1 N–H and O–H groups in total. The molecule has 0 spiro atoms. The van der Waals surface area contributed by atoms with Gasteiger partial charge in [0.25, 0.3) is 0 Å². The zero-order valence-corrected chi connectivity index (χ0v) is 8.27. The van der Waals surface area contributed by atoms with Crippen molar-refractivity contribution in [3.05, 3.63) is 35.7 Å². The maximum absolute atomic E-state index is 8.81. The standard InChI is InChI=1S/C12H11N3/c13-4-8-3-10(6-14-5-8)11-2-1-9-7-15-12(9)11/h2-3,5-6,9,12,15H,1,7H2/t9-,12+/m0/s1. The van der Waals surface area contributed by atoms with Gasteiger partial charge in [0.1, 0.15) is 6.07 Å². The van der Waals surface area contributed by atoms with Gasteiger partial charge in [-0.1, -0.05) is 6.08 Å². The molecule has 0 radical (unpaired) electrons. The highest BCUT2D eigenvalue weighted by Gasteiger charge is 2.37. The molecule has 0 amide bonds. The SMILES string of the molecule is N#Cc1cncc(C2=CC[C@H]3CN[C@@H]23)c1. The Morgan fingerprint density at radius 2 is 2.40 bits per heavy atom. The molecule has 0 bridgehead atoms. The van der Waals surface area contributed by atoms with Crippen LogP contribution in [0.2, 0.25) is 0 Å². The number of aromatic nitrogens is 1. The van der Waals surface area contributed by atoms with Gasteiger partial charge in [-0.3, -0.25) is 4.98 Å². The van der Waals surface area contributed by atoms with Crippen LogP contribution in [0.15, 0.2) is 24.5 Å². The van der Waals surface area contributed by atoms with E-state index in [2.05, 4.69) is 22.4 Å². The van der Waals surface area contributed by atoms with E-state index in [0.29, 0.717) is 11.6 Å². The summed E-state index contributed by atoms with van der Waals surface area (Å²) in [5.74, 6) is 0.769. The van der Waals surface area contributed by atoms with E-state index < -0.39 is 0 Å². The topological polar surface area (TPSA) is 48.7 Å². The van der Waals surface area contributed by atoms with E-state index in [1.54, 1.807) is 6.20 Å². The van der Waals surface area contributed by atoms with Crippen molar-refractivity contribution in [2.24, 2.45) is 5.92 Å². The summed E-state index contributed by atoms with van der Waals surface area (Å²) in [6.07, 6.45) is 6.87. The van der Waals surface area contributed by atoms with Gasteiger partial charge in [0, 0.05) is 25.0 Å². The Morgan fingerprint density at radius 3 is 3.07 bits per heavy atom. The quantitative estimate of drug-likeness (QED) is 0.738. The number of allylic oxidation sites excluding steroid dienone is 1. The second-order valence-electron chi connectivity index (χ2n) is 4.12. The Balaban J connectivity index is 1.96. The second kappa shape index (κ2) is 3.18. The number of nitrogens with one attached hydrogen (secondary N) is 1. The number of nitriles is 1. The van der Waals surface area contributed by atoms with E-state index in [0.717, 1.165) is 24.4 Å². The van der Waals surface area contributed by atoms with Crippen molar-refractivity contribution in [1.29, 1.82) is 5.26 Å². The van der Waals surface area contributed by atoms with Crippen LogP contribution in [0, 0.1) is 17.2 Å². The highest BCUT2D eigenvalue weighted by molar-refractivity contribution is 5.73. The lowest BCUT2D eigenvalue weighted by atomic mass is 9.89. The van der Waals surface area contributed by atoms with Crippen LogP contribution in [0.4, 0.5) is 0 Å². The van der Waals surface area contributed by atoms with Crippen LogP contribution in [-0.2, 0) is 0 Å². The normalized spacial score (nSPS) is 27.5. The zero-order valence-electron chi connectivity index (χ0n) is 8.27. The predicted molar refractivity (Wildman–Crippen MR) is 56.8 cm³/mol. The van der Waals surface area contributed by atoms with Gasteiger partial charge in [0.2, 0.25) is 0 Å². The molecule has 1 fully saturated rings. The highest BCUT2D eigenvalue weighted by atomic mass is 15.0. The van der Waals surface area contributed by atoms with E-state index in [4.69, 9.17) is 5.26 Å². The molecule has 2 heterocycles. The molecule has 1 saturated heterocycles. The van der Waals surface area contributed by atoms with Crippen LogP contribution in [-0.4, -0.2) is 17.6 Å². The lowest BCUT2D eigenvalue weighted by Crippen LogP contribution is -2.50. The van der Waals surface area contributed by atoms with Crippen LogP contribution in [0.25, 0.3) is 5.57 Å². The van der Waals surface area contributed by atoms with E-state index in [9.17, 15) is 0 Å². The molecule has 0 unspecified atom stereocenters. The monoisotopic (exact) mass is 197 g/mol. The fourth-order valence-corrected chi connectivity index (χ4v) is 2.35. The summed E-state index contributed by atoms with van der Waals surface area (Å²) in [6.45, 7) is 1.12. The molecule has 3 nitrogen and oxygen atoms in total. The first-order valence-electron chi connectivity index (χ1n) is 5.17. The molecule has 0 saturated carbocycles. The summed E-state index contributed by atoms with van der Waals surface area (Å²) in [6, 6.07) is 4.54. The molecule has 1 aromatic heterocycles. The molecule has 1 aliphatic carbocycles. The van der Waals surface area contributed by atoms with Crippen molar-refractivity contribution in [3.8, 4) is 6.07 Å². The van der Waals surface area contributed by atoms with Crippen LogP contribution in [0.3, 0.4) is 0 Å². The van der Waals surface area contributed by atoms with Crippen molar-refractivity contribution in [2.75, 3.05) is 6.54 Å². The number of nitrogens with zero attached hydrogens (tertiary/aromatic N) is 2. The molecule has 1 aromatic rings. The summed E-state index contributed by atoms with van der Waals surface area (Å²) in [4.78, 5) is 4.09. The minimum Gasteiger partial charge on any atom is -0.309 e. The summed E-state index contributed by atoms with van der Waals surface area (Å²) in [7, 11) is 0. The molecule has 1 aliphatic heterocycles. The van der Waals surface area contributed by atoms with Gasteiger partial charge in [-0.05, 0) is 29.5 Å². The summed E-state index contributed by atoms with van der Waals surface area (Å²) < 4.78 is 0. The minimum absolute atomic E-state index is 0.501. The zero-order chi connectivity index (χ0) is 10.3. The Kier molecular flexibility index (Phi) is 1.83. The first-order valence-corrected chi connectivity index (χ1v) is 5.17. The first-order chi connectivity index (χ1) is 7.38. The third-order valence-corrected chi connectivity index (χ3v) is 3.25. The van der Waals surface area contributed by atoms with E-state index >= 15 is 0 Å². The molecular formula is C12H11N3. The number of fused-ring (bicyclic) bond motifs is 1. The van der Waals surface area contributed by atoms with E-state index in [-0.39, 0.29) is 0 Å². The lowest BCUT2D eigenvalue weighted by molar-refractivity contribution is 0.307. The summed E-state index contributed by atoms with van der Waals surface area (Å²) in [5.41, 5.74) is 3.04. The fraction of sp³-hybridized carbons (Fsp3) is 0.333. The van der Waals surface area contributed by atoms with Crippen molar-refractivity contribution in [3.63, 3.8) is 0 Å². The first kappa shape index (κ1) is 8.63. The molecule has 2 aliphatic rings. The van der Waals surface area contributed by atoms with E-state index in [1.807, 2.05) is 12.3 Å². The van der Waals surface area contributed by atoms with Crippen LogP contribution >= 0.6 is 0 Å². The molecular weight excluding hydrogens is 186 g/mol. The van der Waals surface area contributed by atoms with Gasteiger partial charge in [0.15, 0.2) is 0 Å². The van der Waals surface area contributed by atoms with Crippen molar-refractivity contribution in [1.82, 2.24) is 10.3 Å². The smallest absolute Gasteiger partial charge is 0.101 e. The minimum atomic E-state index is 0.501. The number of hydrogen-bond donors (Lipinski definition) is 1. The van der Waals surface area contributed by atoms with Crippen LogP contribution < -0.4 is 5.32 Å². The van der Waals surface area contributed by atoms with Crippen molar-refractivity contribution < 1.29 is 0 Å². The third kappa shape index (κ3) is 1.26. The fourth-order valence-electron chi connectivity index (χ4n) is 2.35. The molecule has 3 rings (SSSR count). The van der Waals surface area contributed by atoms with Crippen LogP contribution in [0.1, 0.15) is 17.5 Å². The Hall–Kier alpha value is -1.66. The average molecular weight is 197 g/mol. The number of pyridine rings is 1. The lowest BCUT2D eigenvalue weighted by Gasteiger charge is -2.34. The molecule has 0 aromatic carbocycles. The van der Waals surface area contributed by atoms with Gasteiger partial charge in [-0.2, -0.15) is 5.26 Å². The summed E-state index contributed by atoms with van der Waals surface area (Å²) >= 11 is 0. The van der Waals surface area contributed by atoms with Gasteiger partial charge < -0.3 is 5.32 Å². The van der Waals surface area contributed by atoms with Gasteiger partial charge >= 0.3 is 0 Å². The second-order valence-corrected chi connectivity index (χ2v) is 4.12. The summed E-state index contributed by atoms with van der Waals surface area (Å²) in [5, 5.41) is 12.2. The third-order valence-electron chi connectivity index (χ3n) is 3.25. The molecule has 74 valence electrons. The molecule has 15 heavy (non-hydrogen) atoms. The highest BCUT2D eigenvalue weighted by Crippen LogP contribution is 2.37. The van der Waals surface area contributed by atoms with Gasteiger partial charge in [0.05, 0.1) is 5.56 Å². The maximum atomic E-state index is 8.81. The average Bonchev–Trinajstić information content (AvgIpc) is 2.54. The van der Waals surface area contributed by atoms with Crippen molar-refractivity contribution >= 4 is 5.57 Å². The molecule has 2 atom stereocenters. The Morgan fingerprint density at radius 1 is 1.47 bits per heavy atom. The maximum Gasteiger partial charge on any atom is 0.101 e.